The molecule has 2 N–H and O–H groups in total. The molecular weight excluding hydrogens is 260 g/mol. The predicted octanol–water partition coefficient (Wildman–Crippen LogP) is 2.27. The number of benzene rings is 1. The third kappa shape index (κ3) is 1.59. The molecule has 0 unspecified atom stereocenters. The number of primary amides is 1. The molecule has 6 heteroatoms. The number of nitrogens with zero attached hydrogens (tertiary/aromatic N) is 1. The maximum Gasteiger partial charge on any atom is 0.271 e. The van der Waals surface area contributed by atoms with Gasteiger partial charge in [-0.1, -0.05) is 28.9 Å². The summed E-state index contributed by atoms with van der Waals surface area (Å²) >= 11 is 7.44. The van der Waals surface area contributed by atoms with Crippen LogP contribution in [0.1, 0.15) is 11.1 Å². The Balaban J connectivity index is 2.31. The Morgan fingerprint density at radius 3 is 3.12 bits per heavy atom. The van der Waals surface area contributed by atoms with E-state index in [-0.39, 0.29) is 5.71 Å². The van der Waals surface area contributed by atoms with Crippen molar-refractivity contribution >= 4 is 44.6 Å². The van der Waals surface area contributed by atoms with E-state index in [2.05, 4.69) is 5.16 Å². The maximum atomic E-state index is 11.2. The quantitative estimate of drug-likeness (QED) is 0.861. The van der Waals surface area contributed by atoms with Crippen molar-refractivity contribution in [2.24, 2.45) is 10.9 Å². The average Bonchev–Trinajstić information content (AvgIpc) is 2.68. The van der Waals surface area contributed by atoms with Crippen LogP contribution >= 0.6 is 22.9 Å². The van der Waals surface area contributed by atoms with E-state index in [1.165, 1.54) is 11.3 Å². The topological polar surface area (TPSA) is 64.7 Å². The van der Waals surface area contributed by atoms with Crippen molar-refractivity contribution in [2.45, 2.75) is 6.61 Å². The highest BCUT2D eigenvalue weighted by Crippen LogP contribution is 2.35. The Morgan fingerprint density at radius 1 is 1.53 bits per heavy atom. The largest absolute Gasteiger partial charge is 0.390 e. The second kappa shape index (κ2) is 3.72. The molecular formula is C11H7ClN2O2S. The number of oxime groups is 1. The Hall–Kier alpha value is -1.59. The van der Waals surface area contributed by atoms with E-state index in [0.717, 1.165) is 21.2 Å². The summed E-state index contributed by atoms with van der Waals surface area (Å²) in [7, 11) is 0. The first-order chi connectivity index (χ1) is 8.16. The molecule has 2 heterocycles. The monoisotopic (exact) mass is 266 g/mol. The minimum atomic E-state index is -0.590. The van der Waals surface area contributed by atoms with E-state index >= 15 is 0 Å². The molecule has 0 saturated carbocycles. The summed E-state index contributed by atoms with van der Waals surface area (Å²) < 4.78 is 1.72. The first-order valence-electron chi connectivity index (χ1n) is 4.88. The number of carbonyl (C=O) groups is 1. The SMILES string of the molecule is NC(=O)C1=NOCc2c1ccc1cc(Cl)sc21. The van der Waals surface area contributed by atoms with E-state index in [0.29, 0.717) is 10.9 Å². The molecule has 0 bridgehead atoms. The summed E-state index contributed by atoms with van der Waals surface area (Å²) in [5, 5.41) is 4.73. The van der Waals surface area contributed by atoms with Gasteiger partial charge in [0.1, 0.15) is 6.61 Å². The van der Waals surface area contributed by atoms with Crippen molar-refractivity contribution in [1.82, 2.24) is 0 Å². The lowest BCUT2D eigenvalue weighted by Gasteiger charge is -2.14. The highest BCUT2D eigenvalue weighted by molar-refractivity contribution is 7.22. The van der Waals surface area contributed by atoms with Crippen molar-refractivity contribution in [3.8, 4) is 0 Å². The Labute approximate surface area is 106 Å². The van der Waals surface area contributed by atoms with Gasteiger partial charge in [0.25, 0.3) is 5.91 Å². The second-order valence-corrected chi connectivity index (χ2v) is 5.32. The zero-order chi connectivity index (χ0) is 12.0. The predicted molar refractivity (Wildman–Crippen MR) is 67.4 cm³/mol. The molecule has 0 radical (unpaired) electrons. The molecule has 2 aromatic rings. The summed E-state index contributed by atoms with van der Waals surface area (Å²) in [4.78, 5) is 16.3. The Kier molecular flexibility index (Phi) is 2.31. The fourth-order valence-corrected chi connectivity index (χ4v) is 3.15. The first kappa shape index (κ1) is 10.6. The van der Waals surface area contributed by atoms with Gasteiger partial charge in [-0.25, -0.2) is 0 Å². The second-order valence-electron chi connectivity index (χ2n) is 3.64. The molecule has 4 nitrogen and oxygen atoms in total. The summed E-state index contributed by atoms with van der Waals surface area (Å²) in [5.41, 5.74) is 7.07. The molecule has 0 fully saturated rings. The molecule has 3 rings (SSSR count). The van der Waals surface area contributed by atoms with E-state index < -0.39 is 5.91 Å². The number of fused-ring (bicyclic) bond motifs is 3. The highest BCUT2D eigenvalue weighted by atomic mass is 35.5. The maximum absolute atomic E-state index is 11.2. The van der Waals surface area contributed by atoms with Crippen molar-refractivity contribution in [3.63, 3.8) is 0 Å². The molecule has 1 aliphatic rings. The van der Waals surface area contributed by atoms with Crippen molar-refractivity contribution in [2.75, 3.05) is 0 Å². The highest BCUT2D eigenvalue weighted by Gasteiger charge is 2.22. The van der Waals surface area contributed by atoms with Gasteiger partial charge in [-0.15, -0.1) is 11.3 Å². The van der Waals surface area contributed by atoms with Crippen LogP contribution in [-0.4, -0.2) is 11.6 Å². The summed E-state index contributed by atoms with van der Waals surface area (Å²) in [6, 6.07) is 5.62. The van der Waals surface area contributed by atoms with Gasteiger partial charge in [-0.3, -0.25) is 4.79 Å². The number of halogens is 1. The van der Waals surface area contributed by atoms with Crippen LogP contribution in [-0.2, 0) is 16.2 Å². The average molecular weight is 267 g/mol. The van der Waals surface area contributed by atoms with Gasteiger partial charge in [0, 0.05) is 15.8 Å². The van der Waals surface area contributed by atoms with Gasteiger partial charge in [0.2, 0.25) is 0 Å². The zero-order valence-corrected chi connectivity index (χ0v) is 10.1. The molecule has 86 valence electrons. The number of thiophene rings is 1. The van der Waals surface area contributed by atoms with E-state index in [4.69, 9.17) is 22.2 Å². The fraction of sp³-hybridized carbons (Fsp3) is 0.0909. The number of hydrogen-bond donors (Lipinski definition) is 1. The molecule has 1 aromatic heterocycles. The molecule has 0 atom stereocenters. The van der Waals surface area contributed by atoms with Crippen LogP contribution in [0.2, 0.25) is 4.34 Å². The van der Waals surface area contributed by atoms with Crippen LogP contribution in [0, 0.1) is 0 Å². The molecule has 1 amide bonds. The van der Waals surface area contributed by atoms with Crippen LogP contribution in [0.4, 0.5) is 0 Å². The lowest BCUT2D eigenvalue weighted by atomic mass is 10.0. The van der Waals surface area contributed by atoms with Gasteiger partial charge in [0.15, 0.2) is 5.71 Å². The lowest BCUT2D eigenvalue weighted by Crippen LogP contribution is -2.27. The summed E-state index contributed by atoms with van der Waals surface area (Å²) in [5.74, 6) is -0.590. The van der Waals surface area contributed by atoms with Gasteiger partial charge >= 0.3 is 0 Å². The third-order valence-corrected chi connectivity index (χ3v) is 3.95. The Morgan fingerprint density at radius 2 is 2.35 bits per heavy atom. The number of hydrogen-bond acceptors (Lipinski definition) is 4. The molecule has 1 aliphatic heterocycles. The molecule has 17 heavy (non-hydrogen) atoms. The van der Waals surface area contributed by atoms with Crippen LogP contribution in [0.5, 0.6) is 0 Å². The molecule has 0 spiro atoms. The minimum Gasteiger partial charge on any atom is -0.390 e. The standard InChI is InChI=1S/C11H7ClN2O2S/c12-8-3-5-1-2-6-7(10(5)17-8)4-16-14-9(6)11(13)15/h1-3H,4H2,(H2,13,15). The molecule has 0 saturated heterocycles. The fourth-order valence-electron chi connectivity index (χ4n) is 1.88. The summed E-state index contributed by atoms with van der Waals surface area (Å²) in [6.07, 6.45) is 0. The Bertz CT molecular complexity index is 663. The molecule has 1 aromatic carbocycles. The lowest BCUT2D eigenvalue weighted by molar-refractivity contribution is -0.112. The van der Waals surface area contributed by atoms with Gasteiger partial charge < -0.3 is 10.6 Å². The zero-order valence-electron chi connectivity index (χ0n) is 8.57. The van der Waals surface area contributed by atoms with Crippen LogP contribution < -0.4 is 5.73 Å². The van der Waals surface area contributed by atoms with Gasteiger partial charge in [-0.2, -0.15) is 0 Å². The van der Waals surface area contributed by atoms with E-state index in [1.807, 2.05) is 18.2 Å². The minimum absolute atomic E-state index is 0.165. The van der Waals surface area contributed by atoms with Crippen molar-refractivity contribution < 1.29 is 9.63 Å². The normalized spacial score (nSPS) is 14.1. The van der Waals surface area contributed by atoms with E-state index in [9.17, 15) is 4.79 Å². The van der Waals surface area contributed by atoms with Crippen molar-refractivity contribution in [1.29, 1.82) is 0 Å². The van der Waals surface area contributed by atoms with Gasteiger partial charge in [-0.05, 0) is 11.5 Å². The van der Waals surface area contributed by atoms with Crippen LogP contribution in [0.3, 0.4) is 0 Å². The van der Waals surface area contributed by atoms with Gasteiger partial charge in [0.05, 0.1) is 4.34 Å². The van der Waals surface area contributed by atoms with Crippen LogP contribution in [0.25, 0.3) is 10.1 Å². The first-order valence-corrected chi connectivity index (χ1v) is 6.07. The number of rotatable bonds is 1. The van der Waals surface area contributed by atoms with Crippen LogP contribution in [0.15, 0.2) is 23.4 Å². The van der Waals surface area contributed by atoms with Crippen molar-refractivity contribution in [3.05, 3.63) is 33.7 Å². The molecule has 0 aliphatic carbocycles. The smallest absolute Gasteiger partial charge is 0.271 e. The number of carbonyl (C=O) groups excluding carboxylic acids is 1. The third-order valence-electron chi connectivity index (χ3n) is 2.61. The number of nitrogens with two attached hydrogens (primary N) is 1. The van der Waals surface area contributed by atoms with E-state index in [1.54, 1.807) is 0 Å². The summed E-state index contributed by atoms with van der Waals surface area (Å²) in [6.45, 7) is 0.334. The number of amides is 1.